The van der Waals surface area contributed by atoms with Gasteiger partial charge < -0.3 is 9.47 Å². The average Bonchev–Trinajstić information content (AvgIpc) is 2.66. The highest BCUT2D eigenvalue weighted by Crippen LogP contribution is 2.22. The fourth-order valence-electron chi connectivity index (χ4n) is 1.92. The van der Waals surface area contributed by atoms with Gasteiger partial charge in [0.25, 0.3) is 0 Å². The summed E-state index contributed by atoms with van der Waals surface area (Å²) in [6, 6.07) is 12.8. The Morgan fingerprint density at radius 3 is 2.41 bits per heavy atom. The summed E-state index contributed by atoms with van der Waals surface area (Å²) in [6.45, 7) is 0.246. The van der Waals surface area contributed by atoms with Crippen LogP contribution in [0.5, 0.6) is 5.75 Å². The average molecular weight is 478 g/mol. The van der Waals surface area contributed by atoms with Crippen molar-refractivity contribution in [2.24, 2.45) is 0 Å². The standard InChI is InChI=1S/C17H17BrFNO5S2/c1-24-17(21)16(19)25-13-4-6-14(7-5-13)26-11-10-20-27(22,23)15-8-2-12(18)3-9-15/h2-9,16,20H,10-11H2,1H3. The van der Waals surface area contributed by atoms with Crippen LogP contribution < -0.4 is 9.46 Å². The molecule has 2 aromatic carbocycles. The molecule has 0 spiro atoms. The molecule has 0 heterocycles. The van der Waals surface area contributed by atoms with Gasteiger partial charge in [0.2, 0.25) is 10.0 Å². The molecule has 1 N–H and O–H groups in total. The Kier molecular flexibility index (Phi) is 8.08. The molecule has 0 saturated heterocycles. The summed E-state index contributed by atoms with van der Waals surface area (Å²) in [5.74, 6) is -0.413. The number of thioether (sulfide) groups is 1. The molecule has 0 amide bonds. The van der Waals surface area contributed by atoms with Crippen LogP contribution in [0.1, 0.15) is 0 Å². The third-order valence-corrected chi connectivity index (χ3v) is 6.26. The van der Waals surface area contributed by atoms with E-state index in [4.69, 9.17) is 4.74 Å². The van der Waals surface area contributed by atoms with Crippen LogP contribution in [0.3, 0.4) is 0 Å². The first-order valence-corrected chi connectivity index (χ1v) is 10.9. The molecular weight excluding hydrogens is 461 g/mol. The maximum Gasteiger partial charge on any atom is 0.380 e. The lowest BCUT2D eigenvalue weighted by Gasteiger charge is -2.10. The first kappa shape index (κ1) is 21.7. The van der Waals surface area contributed by atoms with E-state index in [2.05, 4.69) is 25.4 Å². The van der Waals surface area contributed by atoms with Crippen LogP contribution in [-0.2, 0) is 19.6 Å². The number of benzene rings is 2. The van der Waals surface area contributed by atoms with Crippen molar-refractivity contribution >= 4 is 43.7 Å². The highest BCUT2D eigenvalue weighted by atomic mass is 79.9. The van der Waals surface area contributed by atoms with Crippen LogP contribution in [0.2, 0.25) is 0 Å². The number of sulfonamides is 1. The van der Waals surface area contributed by atoms with Crippen LogP contribution in [-0.4, -0.2) is 40.2 Å². The fraction of sp³-hybridized carbons (Fsp3) is 0.235. The molecule has 27 heavy (non-hydrogen) atoms. The van der Waals surface area contributed by atoms with Crippen molar-refractivity contribution in [3.05, 3.63) is 53.0 Å². The number of rotatable bonds is 9. The van der Waals surface area contributed by atoms with Crippen molar-refractivity contribution in [2.45, 2.75) is 16.1 Å². The quantitative estimate of drug-likeness (QED) is 0.338. The lowest BCUT2D eigenvalue weighted by molar-refractivity contribution is -0.157. The predicted octanol–water partition coefficient (Wildman–Crippen LogP) is 3.37. The molecule has 10 heteroatoms. The summed E-state index contributed by atoms with van der Waals surface area (Å²) in [4.78, 5) is 12.0. The molecule has 6 nitrogen and oxygen atoms in total. The minimum absolute atomic E-state index is 0.188. The van der Waals surface area contributed by atoms with Gasteiger partial charge in [0, 0.05) is 21.7 Å². The van der Waals surface area contributed by atoms with Gasteiger partial charge in [0.15, 0.2) is 0 Å². The molecule has 1 unspecified atom stereocenters. The molecule has 2 rings (SSSR count). The molecule has 0 aromatic heterocycles. The van der Waals surface area contributed by atoms with E-state index < -0.39 is 22.4 Å². The van der Waals surface area contributed by atoms with Crippen molar-refractivity contribution in [2.75, 3.05) is 19.4 Å². The van der Waals surface area contributed by atoms with Crippen LogP contribution >= 0.6 is 27.7 Å². The molecule has 0 saturated carbocycles. The molecular formula is C17H17BrFNO5S2. The number of hydrogen-bond donors (Lipinski definition) is 1. The van der Waals surface area contributed by atoms with Gasteiger partial charge in [-0.15, -0.1) is 11.8 Å². The van der Waals surface area contributed by atoms with Gasteiger partial charge in [-0.3, -0.25) is 0 Å². The van der Waals surface area contributed by atoms with Crippen molar-refractivity contribution in [1.82, 2.24) is 4.72 Å². The Labute approximate surface area is 169 Å². The number of esters is 1. The Bertz CT molecular complexity index is 860. The van der Waals surface area contributed by atoms with Gasteiger partial charge in [0.1, 0.15) is 5.75 Å². The van der Waals surface area contributed by atoms with Crippen molar-refractivity contribution in [3.63, 3.8) is 0 Å². The van der Waals surface area contributed by atoms with Gasteiger partial charge >= 0.3 is 12.3 Å². The number of carbonyl (C=O) groups is 1. The highest BCUT2D eigenvalue weighted by Gasteiger charge is 2.19. The normalized spacial score (nSPS) is 12.4. The van der Waals surface area contributed by atoms with E-state index >= 15 is 0 Å². The smallest absolute Gasteiger partial charge is 0.380 e. The van der Waals surface area contributed by atoms with Gasteiger partial charge in [-0.2, -0.15) is 4.39 Å². The SMILES string of the molecule is COC(=O)C(F)Oc1ccc(SCCNS(=O)(=O)c2ccc(Br)cc2)cc1. The molecule has 0 aliphatic heterocycles. The zero-order valence-electron chi connectivity index (χ0n) is 14.2. The monoisotopic (exact) mass is 477 g/mol. The van der Waals surface area contributed by atoms with Crippen molar-refractivity contribution in [3.8, 4) is 5.75 Å². The first-order chi connectivity index (χ1) is 12.8. The summed E-state index contributed by atoms with van der Waals surface area (Å²) in [5.41, 5.74) is 0. The number of halogens is 2. The maximum atomic E-state index is 13.3. The molecule has 0 aliphatic carbocycles. The zero-order chi connectivity index (χ0) is 19.9. The zero-order valence-corrected chi connectivity index (χ0v) is 17.4. The number of ether oxygens (including phenoxy) is 2. The number of hydrogen-bond acceptors (Lipinski definition) is 6. The summed E-state index contributed by atoms with van der Waals surface area (Å²) in [5, 5.41) is 0. The van der Waals surface area contributed by atoms with Crippen LogP contribution in [0.15, 0.2) is 62.8 Å². The number of nitrogens with one attached hydrogen (secondary N) is 1. The van der Waals surface area contributed by atoms with Gasteiger partial charge in [-0.05, 0) is 48.5 Å². The topological polar surface area (TPSA) is 81.7 Å². The summed E-state index contributed by atoms with van der Waals surface area (Å²) >= 11 is 4.68. The van der Waals surface area contributed by atoms with E-state index in [0.29, 0.717) is 5.75 Å². The van der Waals surface area contributed by atoms with E-state index in [1.807, 2.05) is 0 Å². The summed E-state index contributed by atoms with van der Waals surface area (Å²) in [6.07, 6.45) is -2.18. The lowest BCUT2D eigenvalue weighted by Crippen LogP contribution is -2.25. The molecule has 0 aliphatic rings. The Hall–Kier alpha value is -1.62. The van der Waals surface area contributed by atoms with Gasteiger partial charge in [-0.1, -0.05) is 15.9 Å². The minimum Gasteiger partial charge on any atom is -0.464 e. The second-order valence-corrected chi connectivity index (χ2v) is 8.98. The van der Waals surface area contributed by atoms with Gasteiger partial charge in [0.05, 0.1) is 12.0 Å². The van der Waals surface area contributed by atoms with Crippen molar-refractivity contribution < 1.29 is 27.1 Å². The largest absolute Gasteiger partial charge is 0.464 e. The van der Waals surface area contributed by atoms with Crippen LogP contribution in [0.25, 0.3) is 0 Å². The molecule has 146 valence electrons. The number of carbonyl (C=O) groups excluding carboxylic acids is 1. The van der Waals surface area contributed by atoms with E-state index in [1.54, 1.807) is 24.3 Å². The highest BCUT2D eigenvalue weighted by molar-refractivity contribution is 9.10. The molecule has 0 bridgehead atoms. The Morgan fingerprint density at radius 2 is 1.81 bits per heavy atom. The number of alkyl halides is 1. The first-order valence-electron chi connectivity index (χ1n) is 7.68. The lowest BCUT2D eigenvalue weighted by atomic mass is 10.3. The minimum atomic E-state index is -3.55. The van der Waals surface area contributed by atoms with E-state index in [0.717, 1.165) is 16.5 Å². The Morgan fingerprint density at radius 1 is 1.19 bits per heavy atom. The molecule has 2 aromatic rings. The third-order valence-electron chi connectivity index (χ3n) is 3.24. The second-order valence-electron chi connectivity index (χ2n) is 5.13. The summed E-state index contributed by atoms with van der Waals surface area (Å²) in [7, 11) is -2.48. The summed E-state index contributed by atoms with van der Waals surface area (Å²) < 4.78 is 50.0. The maximum absolute atomic E-state index is 13.3. The Balaban J connectivity index is 1.80. The van der Waals surface area contributed by atoms with Crippen molar-refractivity contribution in [1.29, 1.82) is 0 Å². The van der Waals surface area contributed by atoms with E-state index in [-0.39, 0.29) is 17.2 Å². The molecule has 0 radical (unpaired) electrons. The molecule has 0 fully saturated rings. The van der Waals surface area contributed by atoms with Gasteiger partial charge in [-0.25, -0.2) is 17.9 Å². The van der Waals surface area contributed by atoms with E-state index in [9.17, 15) is 17.6 Å². The van der Waals surface area contributed by atoms with E-state index in [1.165, 1.54) is 36.0 Å². The predicted molar refractivity (Wildman–Crippen MR) is 104 cm³/mol. The second kappa shape index (κ2) is 10.1. The molecule has 1 atom stereocenters. The van der Waals surface area contributed by atoms with Crippen LogP contribution in [0.4, 0.5) is 4.39 Å². The fourth-order valence-corrected chi connectivity index (χ4v) is 4.11. The van der Waals surface area contributed by atoms with Crippen LogP contribution in [0, 0.1) is 0 Å². The number of methoxy groups -OCH3 is 1. The third kappa shape index (κ3) is 6.80.